The Bertz CT molecular complexity index is 2370. The van der Waals surface area contributed by atoms with Crippen molar-refractivity contribution in [2.75, 3.05) is 4.90 Å². The van der Waals surface area contributed by atoms with Crippen LogP contribution in [0.4, 0.5) is 17.1 Å². The number of para-hydroxylation sites is 1. The smallest absolute Gasteiger partial charge is 0.0881 e. The number of rotatable bonds is 5. The highest BCUT2D eigenvalue weighted by atomic mass is 32.1. The summed E-state index contributed by atoms with van der Waals surface area (Å²) in [7, 11) is 0. The van der Waals surface area contributed by atoms with Crippen LogP contribution in [0.1, 0.15) is 26.3 Å². The molecule has 222 valence electrons. The van der Waals surface area contributed by atoms with Crippen LogP contribution < -0.4 is 4.90 Å². The molecule has 0 aliphatic rings. The lowest BCUT2D eigenvalue weighted by Crippen LogP contribution is -2.11. The van der Waals surface area contributed by atoms with E-state index in [1.54, 1.807) is 0 Å². The van der Waals surface area contributed by atoms with Crippen molar-refractivity contribution in [3.63, 3.8) is 0 Å². The first-order valence-electron chi connectivity index (χ1n) is 15.7. The molecule has 3 aromatic heterocycles. The van der Waals surface area contributed by atoms with Gasteiger partial charge in [-0.05, 0) is 76.3 Å². The van der Waals surface area contributed by atoms with Crippen LogP contribution in [-0.2, 0) is 5.41 Å². The maximum Gasteiger partial charge on any atom is 0.0881 e. The Morgan fingerprint density at radius 2 is 1.20 bits per heavy atom. The number of hydrogen-bond acceptors (Lipinski definition) is 4. The highest BCUT2D eigenvalue weighted by Crippen LogP contribution is 2.43. The van der Waals surface area contributed by atoms with Crippen molar-refractivity contribution >= 4 is 59.3 Å². The summed E-state index contributed by atoms with van der Waals surface area (Å²) in [4.78, 5) is 12.0. The second-order valence-electron chi connectivity index (χ2n) is 12.8. The first-order chi connectivity index (χ1) is 22.4. The lowest BCUT2D eigenvalue weighted by Gasteiger charge is -2.26. The van der Waals surface area contributed by atoms with Crippen molar-refractivity contribution in [2.45, 2.75) is 26.2 Å². The van der Waals surface area contributed by atoms with Gasteiger partial charge < -0.3 is 4.90 Å². The van der Waals surface area contributed by atoms with Crippen LogP contribution in [0.2, 0.25) is 0 Å². The molecule has 3 nitrogen and oxygen atoms in total. The Morgan fingerprint density at radius 1 is 0.522 bits per heavy atom. The highest BCUT2D eigenvalue weighted by Gasteiger charge is 2.19. The van der Waals surface area contributed by atoms with Gasteiger partial charge in [-0.15, -0.1) is 11.3 Å². The molecule has 8 aromatic rings. The Morgan fingerprint density at radius 3 is 2.00 bits per heavy atom. The quantitative estimate of drug-likeness (QED) is 0.194. The van der Waals surface area contributed by atoms with E-state index >= 15 is 0 Å². The van der Waals surface area contributed by atoms with Gasteiger partial charge in [-0.3, -0.25) is 9.97 Å². The lowest BCUT2D eigenvalue weighted by molar-refractivity contribution is 0.589. The van der Waals surface area contributed by atoms with Gasteiger partial charge in [-0.25, -0.2) is 0 Å². The molecule has 0 atom stereocenters. The minimum absolute atomic E-state index is 0.0459. The molecule has 0 unspecified atom stereocenters. The molecule has 0 aliphatic carbocycles. The Hall–Kier alpha value is -5.32. The zero-order valence-electron chi connectivity index (χ0n) is 26.1. The van der Waals surface area contributed by atoms with E-state index < -0.39 is 0 Å². The van der Waals surface area contributed by atoms with Crippen LogP contribution in [0.15, 0.2) is 146 Å². The molecule has 0 radical (unpaired) electrons. The predicted molar refractivity (Wildman–Crippen MR) is 197 cm³/mol. The third-order valence-electron chi connectivity index (χ3n) is 8.70. The molecular weight excluding hydrogens is 579 g/mol. The van der Waals surface area contributed by atoms with E-state index in [1.807, 2.05) is 23.7 Å². The molecule has 0 N–H and O–H groups in total. The first kappa shape index (κ1) is 28.2. The summed E-state index contributed by atoms with van der Waals surface area (Å²) in [5.74, 6) is 0. The standard InChI is InChI=1S/C42H33N3S/c1-42(2,3)31-21-23-43-38(27-31)29-12-9-16-33(25-29)45(32-14-5-4-6-15-32)34-17-10-13-30(26-34)39-41-37(22-24-44-39)36-20-19-28-11-7-8-18-35(28)40(36)46-41/h4-27H,1-3H3. The average Bonchev–Trinajstić information content (AvgIpc) is 3.49. The molecule has 0 fully saturated rings. The fourth-order valence-corrected chi connectivity index (χ4v) is 7.66. The molecule has 0 bridgehead atoms. The van der Waals surface area contributed by atoms with Gasteiger partial charge in [0.1, 0.15) is 0 Å². The normalized spacial score (nSPS) is 11.8. The van der Waals surface area contributed by atoms with Crippen LogP contribution in [0, 0.1) is 0 Å². The molecule has 0 saturated heterocycles. The molecule has 46 heavy (non-hydrogen) atoms. The third-order valence-corrected chi connectivity index (χ3v) is 9.96. The number of benzene rings is 5. The Kier molecular flexibility index (Phi) is 6.88. The molecule has 5 aromatic carbocycles. The second-order valence-corrected chi connectivity index (χ2v) is 13.8. The molecule has 0 aliphatic heterocycles. The number of pyridine rings is 2. The van der Waals surface area contributed by atoms with E-state index in [9.17, 15) is 0 Å². The van der Waals surface area contributed by atoms with E-state index in [0.717, 1.165) is 39.6 Å². The topological polar surface area (TPSA) is 29.0 Å². The van der Waals surface area contributed by atoms with Crippen molar-refractivity contribution in [2.24, 2.45) is 0 Å². The van der Waals surface area contributed by atoms with Crippen LogP contribution >= 0.6 is 11.3 Å². The molecule has 8 rings (SSSR count). The Labute approximate surface area is 273 Å². The zero-order valence-corrected chi connectivity index (χ0v) is 26.9. The summed E-state index contributed by atoms with van der Waals surface area (Å²) in [5.41, 5.74) is 8.72. The summed E-state index contributed by atoms with van der Waals surface area (Å²) in [6.07, 6.45) is 3.87. The van der Waals surface area contributed by atoms with E-state index in [2.05, 4.69) is 159 Å². The summed E-state index contributed by atoms with van der Waals surface area (Å²) < 4.78 is 2.52. The van der Waals surface area contributed by atoms with Crippen molar-refractivity contribution in [1.29, 1.82) is 0 Å². The maximum atomic E-state index is 4.96. The van der Waals surface area contributed by atoms with Crippen molar-refractivity contribution in [3.05, 3.63) is 151 Å². The third kappa shape index (κ3) is 5.01. The van der Waals surface area contributed by atoms with E-state index in [0.29, 0.717) is 0 Å². The number of aromatic nitrogens is 2. The van der Waals surface area contributed by atoms with E-state index in [1.165, 1.54) is 36.5 Å². The van der Waals surface area contributed by atoms with Gasteiger partial charge >= 0.3 is 0 Å². The minimum atomic E-state index is 0.0459. The lowest BCUT2D eigenvalue weighted by atomic mass is 9.87. The van der Waals surface area contributed by atoms with Crippen LogP contribution in [0.3, 0.4) is 0 Å². The Balaban J connectivity index is 1.27. The number of anilines is 3. The number of nitrogens with zero attached hydrogens (tertiary/aromatic N) is 3. The fraction of sp³-hybridized carbons (Fsp3) is 0.0952. The van der Waals surface area contributed by atoms with E-state index in [-0.39, 0.29) is 5.41 Å². The second kappa shape index (κ2) is 11.2. The maximum absolute atomic E-state index is 4.96. The molecular formula is C42H33N3S. The molecule has 0 spiro atoms. The van der Waals surface area contributed by atoms with Crippen molar-refractivity contribution in [1.82, 2.24) is 9.97 Å². The summed E-state index contributed by atoms with van der Waals surface area (Å²) in [5, 5.41) is 5.09. The van der Waals surface area contributed by atoms with E-state index in [4.69, 9.17) is 9.97 Å². The predicted octanol–water partition coefficient (Wildman–Crippen LogP) is 12.1. The van der Waals surface area contributed by atoms with Crippen LogP contribution in [0.25, 0.3) is 53.5 Å². The van der Waals surface area contributed by atoms with Crippen LogP contribution in [0.5, 0.6) is 0 Å². The molecule has 3 heterocycles. The monoisotopic (exact) mass is 611 g/mol. The molecule has 4 heteroatoms. The summed E-state index contributed by atoms with van der Waals surface area (Å²) >= 11 is 1.84. The summed E-state index contributed by atoms with van der Waals surface area (Å²) in [6.45, 7) is 6.72. The van der Waals surface area contributed by atoms with Gasteiger partial charge in [0.05, 0.1) is 16.1 Å². The van der Waals surface area contributed by atoms with Crippen molar-refractivity contribution in [3.8, 4) is 22.5 Å². The fourth-order valence-electron chi connectivity index (χ4n) is 6.31. The number of thiophene rings is 1. The van der Waals surface area contributed by atoms with Gasteiger partial charge in [-0.1, -0.05) is 99.6 Å². The SMILES string of the molecule is CC(C)(C)c1ccnc(-c2cccc(N(c3ccccc3)c3cccc(-c4nccc5c4sc4c6ccccc6ccc54)c3)c2)c1. The van der Waals surface area contributed by atoms with Gasteiger partial charge in [0.15, 0.2) is 0 Å². The van der Waals surface area contributed by atoms with Gasteiger partial charge in [0.2, 0.25) is 0 Å². The van der Waals surface area contributed by atoms with Gasteiger partial charge in [-0.2, -0.15) is 0 Å². The van der Waals surface area contributed by atoms with Crippen LogP contribution in [-0.4, -0.2) is 9.97 Å². The van der Waals surface area contributed by atoms with Gasteiger partial charge in [0.25, 0.3) is 0 Å². The zero-order chi connectivity index (χ0) is 31.3. The molecule has 0 amide bonds. The average molecular weight is 612 g/mol. The van der Waals surface area contributed by atoms with Crippen molar-refractivity contribution < 1.29 is 0 Å². The number of fused-ring (bicyclic) bond motifs is 5. The minimum Gasteiger partial charge on any atom is -0.310 e. The van der Waals surface area contributed by atoms with Gasteiger partial charge in [0, 0.05) is 56.1 Å². The summed E-state index contributed by atoms with van der Waals surface area (Å²) in [6, 6.07) is 47.6. The first-order valence-corrected chi connectivity index (χ1v) is 16.5. The number of hydrogen-bond donors (Lipinski definition) is 0. The largest absolute Gasteiger partial charge is 0.310 e. The highest BCUT2D eigenvalue weighted by molar-refractivity contribution is 7.27. The molecule has 0 saturated carbocycles.